The van der Waals surface area contributed by atoms with Crippen molar-refractivity contribution >= 4 is 21.9 Å². The Hall–Kier alpha value is -3.86. The van der Waals surface area contributed by atoms with E-state index in [1.54, 1.807) is 4.68 Å². The van der Waals surface area contributed by atoms with Gasteiger partial charge in [0, 0.05) is 55.0 Å². The highest BCUT2D eigenvalue weighted by atomic mass is 32.2. The summed E-state index contributed by atoms with van der Waals surface area (Å²) in [6.45, 7) is 0.876. The molecule has 254 valence electrons. The summed E-state index contributed by atoms with van der Waals surface area (Å²) in [6, 6.07) is 7.93. The van der Waals surface area contributed by atoms with Crippen molar-refractivity contribution in [3.63, 3.8) is 0 Å². The number of hydrogen-bond acceptors (Lipinski definition) is 7. The molecule has 47 heavy (non-hydrogen) atoms. The van der Waals surface area contributed by atoms with Crippen LogP contribution in [0.1, 0.15) is 45.6 Å². The molecule has 0 bridgehead atoms. The minimum atomic E-state index is -4.75. The number of carbonyl (C=O) groups excluding carboxylic acids is 1. The van der Waals surface area contributed by atoms with Gasteiger partial charge in [-0.1, -0.05) is 6.07 Å². The van der Waals surface area contributed by atoms with Crippen LogP contribution in [-0.2, 0) is 47.0 Å². The largest absolute Gasteiger partial charge is 0.481 e. The van der Waals surface area contributed by atoms with Gasteiger partial charge in [-0.05, 0) is 67.9 Å². The van der Waals surface area contributed by atoms with Gasteiger partial charge in [-0.3, -0.25) is 14.3 Å². The molecule has 1 fully saturated rings. The summed E-state index contributed by atoms with van der Waals surface area (Å²) in [6.07, 6.45) is -3.40. The van der Waals surface area contributed by atoms with Crippen LogP contribution in [0.4, 0.5) is 17.6 Å². The molecule has 0 aliphatic carbocycles. The van der Waals surface area contributed by atoms with Crippen LogP contribution >= 0.6 is 0 Å². The van der Waals surface area contributed by atoms with Gasteiger partial charge in [-0.15, -0.1) is 0 Å². The average molecular weight is 682 g/mol. The third-order valence-electron chi connectivity index (χ3n) is 8.59. The molecule has 0 radical (unpaired) electrons. The first-order valence-corrected chi connectivity index (χ1v) is 16.9. The number of β-amino-alcohol motifs (C(OH)–C–C–N with tert-alkyl or cyclic N) is 1. The van der Waals surface area contributed by atoms with Crippen LogP contribution in [0.3, 0.4) is 0 Å². The number of alkyl halides is 3. The number of nitrogens with zero attached hydrogens (tertiary/aromatic N) is 4. The van der Waals surface area contributed by atoms with E-state index in [1.807, 2.05) is 4.90 Å². The second-order valence-electron chi connectivity index (χ2n) is 11.9. The van der Waals surface area contributed by atoms with Gasteiger partial charge in [0.15, 0.2) is 0 Å². The molecule has 2 aliphatic heterocycles. The molecule has 3 N–H and O–H groups in total. The molecule has 1 atom stereocenters. The van der Waals surface area contributed by atoms with Gasteiger partial charge < -0.3 is 20.4 Å². The van der Waals surface area contributed by atoms with E-state index in [-0.39, 0.29) is 55.0 Å². The molecule has 2 aliphatic rings. The predicted octanol–water partition coefficient (Wildman–Crippen LogP) is 3.11. The number of likely N-dealkylation sites (tertiary alicyclic amines) is 1. The number of amides is 1. The minimum Gasteiger partial charge on any atom is -0.481 e. The first-order chi connectivity index (χ1) is 22.1. The first kappa shape index (κ1) is 34.5. The van der Waals surface area contributed by atoms with Crippen molar-refractivity contribution < 1.29 is 45.8 Å². The van der Waals surface area contributed by atoms with Gasteiger partial charge in [-0.2, -0.15) is 22.6 Å². The maximum absolute atomic E-state index is 14.0. The molecular weight excluding hydrogens is 646 g/mol. The number of aliphatic carboxylic acids is 1. The molecule has 1 amide bonds. The third-order valence-corrected chi connectivity index (χ3v) is 9.84. The van der Waals surface area contributed by atoms with Crippen molar-refractivity contribution in [2.75, 3.05) is 32.4 Å². The predicted molar refractivity (Wildman–Crippen MR) is 162 cm³/mol. The molecule has 3 aromatic rings. The van der Waals surface area contributed by atoms with Crippen LogP contribution in [0.25, 0.3) is 11.3 Å². The van der Waals surface area contributed by atoms with E-state index in [1.165, 1.54) is 28.6 Å². The molecule has 5 rings (SSSR count). The zero-order valence-corrected chi connectivity index (χ0v) is 26.3. The summed E-state index contributed by atoms with van der Waals surface area (Å²) in [5.74, 6) is -2.54. The molecule has 0 saturated carbocycles. The van der Waals surface area contributed by atoms with Crippen LogP contribution in [-0.4, -0.2) is 88.0 Å². The number of halogens is 4. The highest BCUT2D eigenvalue weighted by Gasteiger charge is 2.35. The number of benzene rings is 2. The van der Waals surface area contributed by atoms with Gasteiger partial charge >= 0.3 is 12.1 Å². The Morgan fingerprint density at radius 1 is 1.06 bits per heavy atom. The summed E-state index contributed by atoms with van der Waals surface area (Å²) in [5.41, 5.74) is 0.492. The van der Waals surface area contributed by atoms with Gasteiger partial charge in [0.25, 0.3) is 5.91 Å². The number of piperidine rings is 1. The normalized spacial score (nSPS) is 17.3. The molecule has 1 unspecified atom stereocenters. The van der Waals surface area contributed by atoms with Crippen LogP contribution < -0.4 is 5.32 Å². The molecule has 0 spiro atoms. The number of aromatic nitrogens is 2. The number of hydrogen-bond donors (Lipinski definition) is 3. The number of aliphatic hydroxyl groups excluding tert-OH is 1. The molecular formula is C31H35F4N5O6S. The molecule has 16 heteroatoms. The van der Waals surface area contributed by atoms with Gasteiger partial charge in [0.05, 0.1) is 36.1 Å². The standard InChI is InChI=1S/C31H35F4N5O6S/c1-47(45,46)39-13-10-27-25(18-39)28(37-40(27)17-24(41)16-38-11-8-20(9-12-38)30(43)44)21-4-7-26(31(33,34)35)22(14-21)15-36-29(42)19-2-5-23(32)6-3-19/h2-7,14,20,24,41H,8-13,15-18H2,1H3,(H,36,42)(H,43,44). The topological polar surface area (TPSA) is 145 Å². The second-order valence-corrected chi connectivity index (χ2v) is 13.9. The fourth-order valence-corrected chi connectivity index (χ4v) is 6.88. The van der Waals surface area contributed by atoms with Crippen molar-refractivity contribution in [1.29, 1.82) is 0 Å². The lowest BCUT2D eigenvalue weighted by atomic mass is 9.97. The quantitative estimate of drug-likeness (QED) is 0.277. The Labute approximate surface area is 268 Å². The summed E-state index contributed by atoms with van der Waals surface area (Å²) in [4.78, 5) is 25.9. The number of rotatable bonds is 10. The Morgan fingerprint density at radius 2 is 1.74 bits per heavy atom. The van der Waals surface area contributed by atoms with Crippen LogP contribution in [0, 0.1) is 11.7 Å². The lowest BCUT2D eigenvalue weighted by Gasteiger charge is -2.31. The fraction of sp³-hybridized carbons (Fsp3) is 0.452. The summed E-state index contributed by atoms with van der Waals surface area (Å²) in [7, 11) is -3.61. The average Bonchev–Trinajstić information content (AvgIpc) is 3.36. The van der Waals surface area contributed by atoms with Crippen molar-refractivity contribution in [1.82, 2.24) is 24.3 Å². The Morgan fingerprint density at radius 3 is 2.36 bits per heavy atom. The maximum Gasteiger partial charge on any atom is 0.416 e. The number of carbonyl (C=O) groups is 2. The Bertz CT molecular complexity index is 1740. The lowest BCUT2D eigenvalue weighted by Crippen LogP contribution is -2.42. The lowest BCUT2D eigenvalue weighted by molar-refractivity contribution is -0.143. The number of carboxylic acids is 1. The number of sulfonamides is 1. The van der Waals surface area contributed by atoms with E-state index in [4.69, 9.17) is 0 Å². The zero-order chi connectivity index (χ0) is 34.1. The minimum absolute atomic E-state index is 0.0291. The van der Waals surface area contributed by atoms with E-state index >= 15 is 0 Å². The van der Waals surface area contributed by atoms with Crippen molar-refractivity contribution in [2.45, 2.75) is 51.2 Å². The van der Waals surface area contributed by atoms with Crippen LogP contribution in [0.5, 0.6) is 0 Å². The highest BCUT2D eigenvalue weighted by molar-refractivity contribution is 7.88. The molecule has 3 heterocycles. The molecule has 1 saturated heterocycles. The molecule has 11 nitrogen and oxygen atoms in total. The summed E-state index contributed by atoms with van der Waals surface area (Å²) < 4.78 is 83.0. The fourth-order valence-electron chi connectivity index (χ4n) is 6.09. The van der Waals surface area contributed by atoms with E-state index < -0.39 is 58.0 Å². The van der Waals surface area contributed by atoms with Gasteiger partial charge in [0.2, 0.25) is 10.0 Å². The van der Waals surface area contributed by atoms with Gasteiger partial charge in [-0.25, -0.2) is 12.8 Å². The number of carboxylic acid groups (broad SMARTS) is 1. The van der Waals surface area contributed by atoms with Gasteiger partial charge in [0.1, 0.15) is 5.82 Å². The zero-order valence-electron chi connectivity index (χ0n) is 25.5. The summed E-state index contributed by atoms with van der Waals surface area (Å²) >= 11 is 0. The van der Waals surface area contributed by atoms with Crippen LogP contribution in [0.2, 0.25) is 0 Å². The Kier molecular flexibility index (Phi) is 10.1. The van der Waals surface area contributed by atoms with Crippen molar-refractivity contribution in [3.8, 4) is 11.3 Å². The van der Waals surface area contributed by atoms with Crippen LogP contribution in [0.15, 0.2) is 42.5 Å². The number of aliphatic hydroxyl groups is 1. The van der Waals surface area contributed by atoms with Crippen molar-refractivity contribution in [2.24, 2.45) is 5.92 Å². The molecule has 1 aromatic heterocycles. The van der Waals surface area contributed by atoms with E-state index in [0.717, 1.165) is 24.5 Å². The van der Waals surface area contributed by atoms with E-state index in [0.29, 0.717) is 37.2 Å². The first-order valence-electron chi connectivity index (χ1n) is 15.0. The second kappa shape index (κ2) is 13.7. The number of fused-ring (bicyclic) bond motifs is 1. The maximum atomic E-state index is 14.0. The SMILES string of the molecule is CS(=O)(=O)N1CCc2c(c(-c3ccc(C(F)(F)F)c(CNC(=O)c4ccc(F)cc4)c3)nn2CC(O)CN2CCC(C(=O)O)CC2)C1. The highest BCUT2D eigenvalue weighted by Crippen LogP contribution is 2.37. The van der Waals surface area contributed by atoms with Crippen molar-refractivity contribution in [3.05, 3.63) is 76.2 Å². The number of nitrogens with one attached hydrogen (secondary N) is 1. The molecule has 2 aromatic carbocycles. The van der Waals surface area contributed by atoms with E-state index in [9.17, 15) is 45.8 Å². The smallest absolute Gasteiger partial charge is 0.416 e. The monoisotopic (exact) mass is 681 g/mol. The third kappa shape index (κ3) is 8.17. The Balaban J connectivity index is 1.44. The summed E-state index contributed by atoms with van der Waals surface area (Å²) in [5, 5.41) is 27.4. The van der Waals surface area contributed by atoms with E-state index in [2.05, 4.69) is 10.4 Å².